The Hall–Kier alpha value is -2.14. The Morgan fingerprint density at radius 2 is 1.96 bits per heavy atom. The second-order valence-electron chi connectivity index (χ2n) is 7.41. The van der Waals surface area contributed by atoms with E-state index in [0.29, 0.717) is 6.54 Å². The van der Waals surface area contributed by atoms with Crippen LogP contribution in [-0.4, -0.2) is 42.0 Å². The first kappa shape index (κ1) is 17.7. The Balaban J connectivity index is 1.53. The first-order valence-electron chi connectivity index (χ1n) is 9.15. The molecule has 3 rings (SSSR count). The zero-order valence-electron chi connectivity index (χ0n) is 15.0. The summed E-state index contributed by atoms with van der Waals surface area (Å²) < 4.78 is 0. The van der Waals surface area contributed by atoms with Crippen molar-refractivity contribution in [2.45, 2.75) is 26.7 Å². The van der Waals surface area contributed by atoms with E-state index in [1.54, 1.807) is 6.07 Å². The van der Waals surface area contributed by atoms with Crippen molar-refractivity contribution in [1.82, 2.24) is 15.2 Å². The molecule has 1 fully saturated rings. The van der Waals surface area contributed by atoms with Crippen molar-refractivity contribution in [2.24, 2.45) is 11.8 Å². The fraction of sp³-hybridized carbons (Fsp3) is 0.500. The van der Waals surface area contributed by atoms with Gasteiger partial charge in [-0.05, 0) is 48.7 Å². The van der Waals surface area contributed by atoms with E-state index in [4.69, 9.17) is 0 Å². The Morgan fingerprint density at radius 3 is 2.72 bits per heavy atom. The van der Waals surface area contributed by atoms with Crippen LogP contribution in [-0.2, 0) is 0 Å². The average Bonchev–Trinajstić information content (AvgIpc) is 2.57. The molecule has 0 unspecified atom stereocenters. The molecule has 2 atom stereocenters. The topological polar surface area (TPSA) is 65.2 Å². The molecular formula is C20H27N3O2. The summed E-state index contributed by atoms with van der Waals surface area (Å²) in [5.74, 6) is 1.19. The SMILES string of the molecule is C[C@@H]1C[C@@H](C)CN(CCCNC(=O)c2cc3ccccc3[nH]c2=O)C1. The summed E-state index contributed by atoms with van der Waals surface area (Å²) in [7, 11) is 0. The molecule has 0 aliphatic carbocycles. The molecule has 5 nitrogen and oxygen atoms in total. The van der Waals surface area contributed by atoms with E-state index in [1.165, 1.54) is 6.42 Å². The number of nitrogens with zero attached hydrogens (tertiary/aromatic N) is 1. The molecule has 1 amide bonds. The van der Waals surface area contributed by atoms with Gasteiger partial charge in [-0.3, -0.25) is 9.59 Å². The highest BCUT2D eigenvalue weighted by Gasteiger charge is 2.21. The van der Waals surface area contributed by atoms with Gasteiger partial charge in [-0.15, -0.1) is 0 Å². The van der Waals surface area contributed by atoms with E-state index in [-0.39, 0.29) is 17.0 Å². The zero-order valence-corrected chi connectivity index (χ0v) is 15.0. The maximum atomic E-state index is 12.3. The summed E-state index contributed by atoms with van der Waals surface area (Å²) in [6.45, 7) is 8.46. The van der Waals surface area contributed by atoms with E-state index >= 15 is 0 Å². The fourth-order valence-corrected chi connectivity index (χ4v) is 3.89. The van der Waals surface area contributed by atoms with Crippen LogP contribution in [0.4, 0.5) is 0 Å². The maximum Gasteiger partial charge on any atom is 0.261 e. The molecule has 1 aromatic carbocycles. The van der Waals surface area contributed by atoms with E-state index in [9.17, 15) is 9.59 Å². The summed E-state index contributed by atoms with van der Waals surface area (Å²) in [5, 5.41) is 3.75. The summed E-state index contributed by atoms with van der Waals surface area (Å²) >= 11 is 0. The minimum Gasteiger partial charge on any atom is -0.352 e. The first-order valence-corrected chi connectivity index (χ1v) is 9.15. The molecule has 0 radical (unpaired) electrons. The number of hydrogen-bond donors (Lipinski definition) is 2. The van der Waals surface area contributed by atoms with Crippen molar-refractivity contribution in [2.75, 3.05) is 26.2 Å². The summed E-state index contributed by atoms with van der Waals surface area (Å²) in [4.78, 5) is 29.7. The van der Waals surface area contributed by atoms with Crippen LogP contribution in [0.5, 0.6) is 0 Å². The van der Waals surface area contributed by atoms with Crippen LogP contribution in [0.1, 0.15) is 37.0 Å². The lowest BCUT2D eigenvalue weighted by Gasteiger charge is -2.34. The Bertz CT molecular complexity index is 789. The normalized spacial score (nSPS) is 21.4. The van der Waals surface area contributed by atoms with Crippen molar-refractivity contribution in [3.63, 3.8) is 0 Å². The number of rotatable bonds is 5. The molecule has 1 aromatic heterocycles. The number of aromatic nitrogens is 1. The number of hydrogen-bond acceptors (Lipinski definition) is 3. The monoisotopic (exact) mass is 341 g/mol. The van der Waals surface area contributed by atoms with Crippen LogP contribution >= 0.6 is 0 Å². The third kappa shape index (κ3) is 4.48. The van der Waals surface area contributed by atoms with E-state index in [0.717, 1.165) is 48.8 Å². The van der Waals surface area contributed by atoms with Gasteiger partial charge >= 0.3 is 0 Å². The van der Waals surface area contributed by atoms with Crippen LogP contribution in [0.25, 0.3) is 10.9 Å². The molecule has 1 saturated heterocycles. The third-order valence-electron chi connectivity index (χ3n) is 4.88. The number of carbonyl (C=O) groups excluding carboxylic acids is 1. The van der Waals surface area contributed by atoms with Gasteiger partial charge in [0.1, 0.15) is 5.56 Å². The highest BCUT2D eigenvalue weighted by Crippen LogP contribution is 2.20. The minimum atomic E-state index is -0.338. The fourth-order valence-electron chi connectivity index (χ4n) is 3.89. The lowest BCUT2D eigenvalue weighted by Crippen LogP contribution is -2.40. The molecule has 134 valence electrons. The number of para-hydroxylation sites is 1. The number of fused-ring (bicyclic) bond motifs is 1. The van der Waals surface area contributed by atoms with E-state index in [2.05, 4.69) is 29.0 Å². The molecule has 1 aliphatic rings. The number of carbonyl (C=O) groups is 1. The van der Waals surface area contributed by atoms with E-state index in [1.807, 2.05) is 24.3 Å². The van der Waals surface area contributed by atoms with Crippen LogP contribution in [0.2, 0.25) is 0 Å². The van der Waals surface area contributed by atoms with Gasteiger partial charge in [0.25, 0.3) is 11.5 Å². The smallest absolute Gasteiger partial charge is 0.261 e. The van der Waals surface area contributed by atoms with Gasteiger partial charge in [0.05, 0.1) is 0 Å². The predicted molar refractivity (Wildman–Crippen MR) is 101 cm³/mol. The van der Waals surface area contributed by atoms with E-state index < -0.39 is 0 Å². The zero-order chi connectivity index (χ0) is 17.8. The van der Waals surface area contributed by atoms with Crippen molar-refractivity contribution >= 4 is 16.8 Å². The van der Waals surface area contributed by atoms with Crippen LogP contribution in [0.3, 0.4) is 0 Å². The lowest BCUT2D eigenvalue weighted by atomic mass is 9.92. The van der Waals surface area contributed by atoms with Crippen molar-refractivity contribution in [3.8, 4) is 0 Å². The maximum absolute atomic E-state index is 12.3. The second-order valence-corrected chi connectivity index (χ2v) is 7.41. The van der Waals surface area contributed by atoms with Gasteiger partial charge in [-0.2, -0.15) is 0 Å². The average molecular weight is 341 g/mol. The first-order chi connectivity index (χ1) is 12.0. The van der Waals surface area contributed by atoms with Crippen LogP contribution < -0.4 is 10.9 Å². The molecule has 5 heteroatoms. The molecular weight excluding hydrogens is 314 g/mol. The molecule has 2 aromatic rings. The molecule has 1 aliphatic heterocycles. The Labute approximate surface area is 148 Å². The molecule has 25 heavy (non-hydrogen) atoms. The molecule has 0 bridgehead atoms. The number of nitrogens with one attached hydrogen (secondary N) is 2. The number of pyridine rings is 1. The number of H-pyrrole nitrogens is 1. The van der Waals surface area contributed by atoms with Crippen molar-refractivity contribution in [1.29, 1.82) is 0 Å². The van der Waals surface area contributed by atoms with Crippen molar-refractivity contribution in [3.05, 3.63) is 46.2 Å². The number of amides is 1. The molecule has 0 saturated carbocycles. The van der Waals surface area contributed by atoms with Crippen molar-refractivity contribution < 1.29 is 4.79 Å². The summed E-state index contributed by atoms with van der Waals surface area (Å²) in [6.07, 6.45) is 2.20. The molecule has 0 spiro atoms. The summed E-state index contributed by atoms with van der Waals surface area (Å²) in [5.41, 5.74) is 0.589. The number of aromatic amines is 1. The van der Waals surface area contributed by atoms with Gasteiger partial charge in [0.15, 0.2) is 0 Å². The minimum absolute atomic E-state index is 0.180. The quantitative estimate of drug-likeness (QED) is 0.822. The highest BCUT2D eigenvalue weighted by atomic mass is 16.2. The Morgan fingerprint density at radius 1 is 1.24 bits per heavy atom. The number of piperidine rings is 1. The lowest BCUT2D eigenvalue weighted by molar-refractivity contribution is 0.0946. The van der Waals surface area contributed by atoms with Crippen LogP contribution in [0, 0.1) is 11.8 Å². The second kappa shape index (κ2) is 7.83. The standard InChI is InChI=1S/C20H27N3O2/c1-14-10-15(2)13-23(12-14)9-5-8-21-19(24)17-11-16-6-3-4-7-18(16)22-20(17)25/h3-4,6-7,11,14-15H,5,8-10,12-13H2,1-2H3,(H,21,24)(H,22,25)/t14-,15-/m1/s1. The molecule has 2 N–H and O–H groups in total. The molecule has 2 heterocycles. The number of likely N-dealkylation sites (tertiary alicyclic amines) is 1. The van der Waals surface area contributed by atoms with Gasteiger partial charge in [-0.25, -0.2) is 0 Å². The summed E-state index contributed by atoms with van der Waals surface area (Å²) in [6, 6.07) is 9.14. The van der Waals surface area contributed by atoms with Gasteiger partial charge in [0.2, 0.25) is 0 Å². The van der Waals surface area contributed by atoms with Gasteiger partial charge in [-0.1, -0.05) is 32.0 Å². The number of benzene rings is 1. The Kier molecular flexibility index (Phi) is 5.53. The predicted octanol–water partition coefficient (Wildman–Crippen LogP) is 2.63. The van der Waals surface area contributed by atoms with Gasteiger partial charge in [0, 0.05) is 25.2 Å². The highest BCUT2D eigenvalue weighted by molar-refractivity contribution is 5.97. The van der Waals surface area contributed by atoms with Crippen LogP contribution in [0.15, 0.2) is 35.1 Å². The third-order valence-corrected chi connectivity index (χ3v) is 4.88. The van der Waals surface area contributed by atoms with Gasteiger partial charge < -0.3 is 15.2 Å². The largest absolute Gasteiger partial charge is 0.352 e.